The lowest BCUT2D eigenvalue weighted by atomic mass is 9.96. The van der Waals surface area contributed by atoms with Crippen LogP contribution < -0.4 is 14.8 Å². The first-order valence-corrected chi connectivity index (χ1v) is 16.2. The van der Waals surface area contributed by atoms with Crippen LogP contribution in [0.2, 0.25) is 0 Å². The third kappa shape index (κ3) is 7.68. The SMILES string of the molecule is CC(C)[C@H](NS(=O)(=O)C(F)(F)F)C(=O)N1C[C@H]2[C@@H]([C@H]1C(=O)O[C@@H](C[C@@H]1CCNC1=O)C(=O)COc1cccc(C(F)(F)F)c1)C2(C)C. The second-order valence-electron chi connectivity index (χ2n) is 12.9. The van der Waals surface area contributed by atoms with Gasteiger partial charge in [-0.25, -0.2) is 13.2 Å². The van der Waals surface area contributed by atoms with Crippen LogP contribution in [0.25, 0.3) is 0 Å². The molecular formula is C29H35F6N3O8S. The van der Waals surface area contributed by atoms with Gasteiger partial charge in [0, 0.05) is 31.3 Å². The van der Waals surface area contributed by atoms with E-state index in [1.807, 2.05) is 0 Å². The molecule has 0 aromatic heterocycles. The number of amides is 2. The summed E-state index contributed by atoms with van der Waals surface area (Å²) in [5.41, 5.74) is -7.25. The van der Waals surface area contributed by atoms with E-state index in [0.29, 0.717) is 6.07 Å². The van der Waals surface area contributed by atoms with Gasteiger partial charge in [-0.3, -0.25) is 14.4 Å². The lowest BCUT2D eigenvalue weighted by Gasteiger charge is -2.34. The van der Waals surface area contributed by atoms with Gasteiger partial charge in [0.2, 0.25) is 17.6 Å². The van der Waals surface area contributed by atoms with Gasteiger partial charge in [0.15, 0.2) is 12.7 Å². The summed E-state index contributed by atoms with van der Waals surface area (Å²) in [7, 11) is -5.94. The molecule has 1 aromatic rings. The van der Waals surface area contributed by atoms with Crippen LogP contribution in [0.5, 0.6) is 5.75 Å². The molecule has 0 unspecified atom stereocenters. The zero-order valence-electron chi connectivity index (χ0n) is 25.8. The van der Waals surface area contributed by atoms with E-state index in [1.54, 1.807) is 13.8 Å². The highest BCUT2D eigenvalue weighted by atomic mass is 32.2. The minimum absolute atomic E-state index is 0.102. The second kappa shape index (κ2) is 12.9. The van der Waals surface area contributed by atoms with Crippen LogP contribution in [0.1, 0.15) is 46.1 Å². The first-order valence-electron chi connectivity index (χ1n) is 14.8. The average molecular weight is 700 g/mol. The van der Waals surface area contributed by atoms with Crippen LogP contribution in [-0.2, 0) is 40.1 Å². The lowest BCUT2D eigenvalue weighted by molar-refractivity contribution is -0.165. The molecule has 2 heterocycles. The van der Waals surface area contributed by atoms with Gasteiger partial charge < -0.3 is 19.7 Å². The molecule has 3 fully saturated rings. The lowest BCUT2D eigenvalue weighted by Crippen LogP contribution is -2.57. The minimum atomic E-state index is -5.94. The summed E-state index contributed by atoms with van der Waals surface area (Å²) in [6.45, 7) is 5.58. The van der Waals surface area contributed by atoms with Crippen LogP contribution in [0.3, 0.4) is 0 Å². The maximum absolute atomic E-state index is 13.8. The number of rotatable bonds is 12. The number of hydrogen-bond acceptors (Lipinski definition) is 8. The normalized spacial score (nSPS) is 25.2. The number of nitrogens with one attached hydrogen (secondary N) is 2. The standard InChI is InChI=1S/C29H35F6N3O8S/c1-14(2)22(37-47(43,44)29(33,34)35)25(41)38-12-18-21(27(18,3)4)23(38)26(42)46-20(10-15-8-9-36-24(15)40)19(39)13-45-17-7-5-6-16(11-17)28(30,31)32/h5-7,11,14-15,18,20-23,37H,8-10,12-13H2,1-4H3,(H,36,40)/t15-,18-,20-,21-,22-,23-/m0/s1. The van der Waals surface area contributed by atoms with Crippen molar-refractivity contribution in [1.29, 1.82) is 0 Å². The van der Waals surface area contributed by atoms with Gasteiger partial charge in [-0.2, -0.15) is 31.1 Å². The van der Waals surface area contributed by atoms with E-state index in [9.17, 15) is 53.9 Å². The molecule has 4 rings (SSSR count). The number of carbonyl (C=O) groups is 4. The highest BCUT2D eigenvalue weighted by Gasteiger charge is 2.70. The zero-order valence-corrected chi connectivity index (χ0v) is 26.6. The van der Waals surface area contributed by atoms with E-state index in [-0.39, 0.29) is 37.6 Å². The molecule has 1 aromatic carbocycles. The van der Waals surface area contributed by atoms with E-state index in [0.717, 1.165) is 17.0 Å². The summed E-state index contributed by atoms with van der Waals surface area (Å²) < 4.78 is 115. The Labute approximate surface area is 266 Å². The number of carbonyl (C=O) groups excluding carboxylic acids is 4. The van der Waals surface area contributed by atoms with Crippen molar-refractivity contribution in [1.82, 2.24) is 14.9 Å². The van der Waals surface area contributed by atoms with Gasteiger partial charge in [-0.05, 0) is 41.9 Å². The molecule has 47 heavy (non-hydrogen) atoms. The van der Waals surface area contributed by atoms with Crippen LogP contribution >= 0.6 is 0 Å². The van der Waals surface area contributed by atoms with Gasteiger partial charge >= 0.3 is 27.7 Å². The van der Waals surface area contributed by atoms with E-state index in [1.165, 1.54) is 24.6 Å². The molecule has 1 aliphatic carbocycles. The summed E-state index contributed by atoms with van der Waals surface area (Å²) in [5, 5.41) is 2.58. The Bertz CT molecular complexity index is 1510. The monoisotopic (exact) mass is 699 g/mol. The van der Waals surface area contributed by atoms with E-state index < -0.39 is 98.8 Å². The number of ketones is 1. The van der Waals surface area contributed by atoms with Crippen LogP contribution in [-0.4, -0.2) is 80.3 Å². The predicted octanol–water partition coefficient (Wildman–Crippen LogP) is 3.04. The first-order chi connectivity index (χ1) is 21.6. The number of benzene rings is 1. The number of Topliss-reactive ketones (excluding diaryl/α,β-unsaturated/α-hetero) is 1. The fourth-order valence-corrected chi connectivity index (χ4v) is 7.10. The van der Waals surface area contributed by atoms with Gasteiger partial charge in [0.25, 0.3) is 0 Å². The average Bonchev–Trinajstić information content (AvgIpc) is 3.30. The summed E-state index contributed by atoms with van der Waals surface area (Å²) in [5.74, 6) is -6.38. The second-order valence-corrected chi connectivity index (χ2v) is 14.6. The van der Waals surface area contributed by atoms with Gasteiger partial charge in [-0.1, -0.05) is 33.8 Å². The molecule has 11 nitrogen and oxygen atoms in total. The Morgan fingerprint density at radius 2 is 1.79 bits per heavy atom. The fraction of sp³-hybridized carbons (Fsp3) is 0.655. The summed E-state index contributed by atoms with van der Waals surface area (Å²) >= 11 is 0. The van der Waals surface area contributed by atoms with Crippen molar-refractivity contribution in [2.45, 2.75) is 70.4 Å². The number of hydrogen-bond donors (Lipinski definition) is 2. The van der Waals surface area contributed by atoms with E-state index >= 15 is 0 Å². The molecule has 2 saturated heterocycles. The molecular weight excluding hydrogens is 664 g/mol. The largest absolute Gasteiger partial charge is 0.511 e. The Morgan fingerprint density at radius 3 is 2.34 bits per heavy atom. The number of halogens is 6. The van der Waals surface area contributed by atoms with Crippen molar-refractivity contribution in [3.8, 4) is 5.75 Å². The van der Waals surface area contributed by atoms with Crippen LogP contribution in [0.4, 0.5) is 26.3 Å². The number of alkyl halides is 6. The van der Waals surface area contributed by atoms with Crippen molar-refractivity contribution >= 4 is 33.6 Å². The molecule has 3 aliphatic rings. The zero-order chi connectivity index (χ0) is 35.3. The van der Waals surface area contributed by atoms with Crippen molar-refractivity contribution < 1.29 is 63.4 Å². The number of nitrogens with zero attached hydrogens (tertiary/aromatic N) is 1. The Kier molecular flexibility index (Phi) is 9.99. The molecule has 18 heteroatoms. The fourth-order valence-electron chi connectivity index (χ4n) is 6.26. The number of ether oxygens (including phenoxy) is 2. The van der Waals surface area contributed by atoms with Crippen molar-refractivity contribution in [3.63, 3.8) is 0 Å². The molecule has 0 radical (unpaired) electrons. The van der Waals surface area contributed by atoms with E-state index in [2.05, 4.69) is 5.32 Å². The van der Waals surface area contributed by atoms with Gasteiger partial charge in [0.05, 0.1) is 5.56 Å². The number of fused-ring (bicyclic) bond motifs is 1. The Balaban J connectivity index is 1.56. The molecule has 2 amide bonds. The van der Waals surface area contributed by atoms with E-state index in [4.69, 9.17) is 9.47 Å². The van der Waals surface area contributed by atoms with Gasteiger partial charge in [0.1, 0.15) is 17.8 Å². The third-order valence-corrected chi connectivity index (χ3v) is 10.2. The smallest absolute Gasteiger partial charge is 0.486 e. The van der Waals surface area contributed by atoms with Crippen molar-refractivity contribution in [2.75, 3.05) is 19.7 Å². The molecule has 262 valence electrons. The number of likely N-dealkylation sites (tertiary alicyclic amines) is 1. The highest BCUT2D eigenvalue weighted by Crippen LogP contribution is 2.65. The maximum Gasteiger partial charge on any atom is 0.511 e. The topological polar surface area (TPSA) is 148 Å². The molecule has 1 saturated carbocycles. The van der Waals surface area contributed by atoms with Crippen molar-refractivity contribution in [3.05, 3.63) is 29.8 Å². The molecule has 2 aliphatic heterocycles. The predicted molar refractivity (Wildman–Crippen MR) is 151 cm³/mol. The Morgan fingerprint density at radius 1 is 1.13 bits per heavy atom. The summed E-state index contributed by atoms with van der Waals surface area (Å²) in [6.07, 6.45) is -6.34. The Hall–Kier alpha value is -3.41. The van der Waals surface area contributed by atoms with Crippen molar-refractivity contribution in [2.24, 2.45) is 29.1 Å². The van der Waals surface area contributed by atoms with Crippen LogP contribution in [0.15, 0.2) is 24.3 Å². The highest BCUT2D eigenvalue weighted by molar-refractivity contribution is 7.90. The number of sulfonamides is 1. The molecule has 0 spiro atoms. The molecule has 0 bridgehead atoms. The first kappa shape index (κ1) is 36.4. The number of piperidine rings is 1. The summed E-state index contributed by atoms with van der Waals surface area (Å²) in [4.78, 5) is 53.9. The summed E-state index contributed by atoms with van der Waals surface area (Å²) in [6, 6.07) is 0.436. The number of esters is 1. The maximum atomic E-state index is 13.8. The minimum Gasteiger partial charge on any atom is -0.486 e. The van der Waals surface area contributed by atoms with Crippen LogP contribution in [0, 0.1) is 29.1 Å². The third-order valence-electron chi connectivity index (χ3n) is 9.07. The molecule has 6 atom stereocenters. The van der Waals surface area contributed by atoms with Gasteiger partial charge in [-0.15, -0.1) is 0 Å². The molecule has 2 N–H and O–H groups in total. The quantitative estimate of drug-likeness (QED) is 0.250.